The number of rotatable bonds is 10. The molecule has 0 saturated carbocycles. The summed E-state index contributed by atoms with van der Waals surface area (Å²) in [5.74, 6) is 0.486. The second-order valence-electron chi connectivity index (χ2n) is 8.61. The zero-order chi connectivity index (χ0) is 24.3. The summed E-state index contributed by atoms with van der Waals surface area (Å²) in [6.45, 7) is 3.12. The lowest BCUT2D eigenvalue weighted by molar-refractivity contribution is 0.305. The van der Waals surface area contributed by atoms with Crippen LogP contribution in [-0.4, -0.2) is 37.9 Å². The fraction of sp³-hybridized carbons (Fsp3) is 0.267. The Kier molecular flexibility index (Phi) is 9.61. The molecule has 0 amide bonds. The standard InChI is InChI=1S/C30H35N3OS/c31-18-20-32-19-6-5-8-24-15-16-26(35-30-14-4-2-12-28(24)30)10-7-9-25-17-21-33(22-23-34)29-13-3-1-11-27(25)29/h1-7,9-14,16-17,21,24,32,34H,8,15,18-20,22-23,31H2/b6-5+,10-7+,25-9+. The smallest absolute Gasteiger partial charge is 0.0610 e. The van der Waals surface area contributed by atoms with Gasteiger partial charge in [-0.25, -0.2) is 0 Å². The number of benzene rings is 2. The Hall–Kier alpha value is -2.83. The van der Waals surface area contributed by atoms with Gasteiger partial charge in [0.1, 0.15) is 0 Å². The molecule has 0 aliphatic carbocycles. The van der Waals surface area contributed by atoms with Gasteiger partial charge in [0, 0.05) is 53.4 Å². The molecule has 0 aromatic heterocycles. The van der Waals surface area contributed by atoms with E-state index >= 15 is 0 Å². The number of hydrogen-bond acceptors (Lipinski definition) is 5. The van der Waals surface area contributed by atoms with Crippen LogP contribution in [-0.2, 0) is 0 Å². The van der Waals surface area contributed by atoms with Crippen molar-refractivity contribution in [2.24, 2.45) is 5.73 Å². The number of nitrogens with two attached hydrogens (primary N) is 1. The van der Waals surface area contributed by atoms with E-state index in [1.165, 1.54) is 26.5 Å². The normalized spacial score (nSPS) is 18.7. The summed E-state index contributed by atoms with van der Waals surface area (Å²) in [5, 5.41) is 12.7. The van der Waals surface area contributed by atoms with Crippen molar-refractivity contribution in [1.82, 2.24) is 5.32 Å². The van der Waals surface area contributed by atoms with Crippen molar-refractivity contribution >= 4 is 23.0 Å². The Morgan fingerprint density at radius 1 is 1.11 bits per heavy atom. The lowest BCUT2D eigenvalue weighted by Gasteiger charge is -2.26. The summed E-state index contributed by atoms with van der Waals surface area (Å²) in [6, 6.07) is 17.2. The molecule has 35 heavy (non-hydrogen) atoms. The Labute approximate surface area is 213 Å². The monoisotopic (exact) mass is 485 g/mol. The fourth-order valence-electron chi connectivity index (χ4n) is 4.42. The van der Waals surface area contributed by atoms with Crippen LogP contribution < -0.4 is 16.0 Å². The van der Waals surface area contributed by atoms with Crippen LogP contribution in [0.4, 0.5) is 5.69 Å². The van der Waals surface area contributed by atoms with Crippen molar-refractivity contribution in [1.29, 1.82) is 0 Å². The molecule has 0 spiro atoms. The average Bonchev–Trinajstić information content (AvgIpc) is 3.06. The van der Waals surface area contributed by atoms with Crippen molar-refractivity contribution in [3.05, 3.63) is 113 Å². The van der Waals surface area contributed by atoms with Crippen LogP contribution in [0, 0.1) is 0 Å². The molecule has 2 aliphatic heterocycles. The van der Waals surface area contributed by atoms with Gasteiger partial charge in [-0.2, -0.15) is 0 Å². The largest absolute Gasteiger partial charge is 0.395 e. The van der Waals surface area contributed by atoms with Crippen molar-refractivity contribution in [2.75, 3.05) is 37.7 Å². The lowest BCUT2D eigenvalue weighted by atomic mass is 9.92. The Morgan fingerprint density at radius 3 is 2.86 bits per heavy atom. The Morgan fingerprint density at radius 2 is 1.97 bits per heavy atom. The molecule has 1 unspecified atom stereocenters. The van der Waals surface area contributed by atoms with E-state index in [2.05, 4.69) is 101 Å². The number of hydrogen-bond donors (Lipinski definition) is 3. The first kappa shape index (κ1) is 25.3. The van der Waals surface area contributed by atoms with Crippen molar-refractivity contribution < 1.29 is 5.11 Å². The van der Waals surface area contributed by atoms with Gasteiger partial charge in [-0.3, -0.25) is 0 Å². The SMILES string of the molecule is NCCNC/C=C/CC1CC=C(/C=C/C=C2\C=CN(CCO)c3ccccc32)Sc2ccccc21. The topological polar surface area (TPSA) is 61.5 Å². The number of allylic oxidation sites excluding steroid dienone is 7. The maximum Gasteiger partial charge on any atom is 0.0610 e. The van der Waals surface area contributed by atoms with Crippen LogP contribution in [0.5, 0.6) is 0 Å². The van der Waals surface area contributed by atoms with Crippen LogP contribution in [0.2, 0.25) is 0 Å². The number of fused-ring (bicyclic) bond motifs is 2. The maximum absolute atomic E-state index is 9.38. The number of aliphatic hydroxyl groups excluding tert-OH is 1. The fourth-order valence-corrected chi connectivity index (χ4v) is 5.50. The molecule has 1 atom stereocenters. The van der Waals surface area contributed by atoms with Crippen molar-refractivity contribution in [3.8, 4) is 0 Å². The molecule has 2 aromatic carbocycles. The molecule has 2 aromatic rings. The third-order valence-corrected chi connectivity index (χ3v) is 7.33. The van der Waals surface area contributed by atoms with Crippen LogP contribution in [0.3, 0.4) is 0 Å². The highest BCUT2D eigenvalue weighted by molar-refractivity contribution is 8.03. The summed E-state index contributed by atoms with van der Waals surface area (Å²) < 4.78 is 0. The van der Waals surface area contributed by atoms with E-state index < -0.39 is 0 Å². The first-order valence-electron chi connectivity index (χ1n) is 12.4. The zero-order valence-electron chi connectivity index (χ0n) is 20.1. The number of β-amino-alcohol motifs (C(OH)–C–C–N with tert-alkyl or cyclic N) is 1. The summed E-state index contributed by atoms with van der Waals surface area (Å²) in [6.07, 6.45) is 19.7. The predicted molar refractivity (Wildman–Crippen MR) is 151 cm³/mol. The second kappa shape index (κ2) is 13.3. The van der Waals surface area contributed by atoms with Gasteiger partial charge in [0.15, 0.2) is 0 Å². The molecule has 182 valence electrons. The first-order valence-corrected chi connectivity index (χ1v) is 13.2. The summed E-state index contributed by atoms with van der Waals surface area (Å²) in [7, 11) is 0. The molecule has 4 nitrogen and oxygen atoms in total. The molecule has 0 bridgehead atoms. The zero-order valence-corrected chi connectivity index (χ0v) is 21.0. The molecule has 4 rings (SSSR count). The number of aliphatic hydroxyl groups is 1. The van der Waals surface area contributed by atoms with Gasteiger partial charge in [-0.15, -0.1) is 0 Å². The van der Waals surface area contributed by atoms with E-state index in [9.17, 15) is 5.11 Å². The van der Waals surface area contributed by atoms with E-state index in [1.54, 1.807) is 0 Å². The minimum atomic E-state index is 0.131. The molecular weight excluding hydrogens is 450 g/mol. The van der Waals surface area contributed by atoms with Crippen LogP contribution in [0.15, 0.2) is 107 Å². The molecule has 2 aliphatic rings. The van der Waals surface area contributed by atoms with Gasteiger partial charge in [-0.05, 0) is 54.2 Å². The third-order valence-electron chi connectivity index (χ3n) is 6.20. The molecule has 2 heterocycles. The quantitative estimate of drug-likeness (QED) is 0.302. The molecular formula is C30H35N3OS. The van der Waals surface area contributed by atoms with E-state index in [4.69, 9.17) is 5.73 Å². The average molecular weight is 486 g/mol. The molecule has 0 saturated heterocycles. The molecule has 4 N–H and O–H groups in total. The van der Waals surface area contributed by atoms with Crippen LogP contribution in [0.25, 0.3) is 5.57 Å². The second-order valence-corrected chi connectivity index (χ2v) is 9.73. The summed E-state index contributed by atoms with van der Waals surface area (Å²) in [4.78, 5) is 4.72. The highest BCUT2D eigenvalue weighted by Gasteiger charge is 2.18. The van der Waals surface area contributed by atoms with Gasteiger partial charge < -0.3 is 21.1 Å². The maximum atomic E-state index is 9.38. The van der Waals surface area contributed by atoms with Crippen LogP contribution in [0.1, 0.15) is 29.9 Å². The van der Waals surface area contributed by atoms with Gasteiger partial charge in [-0.1, -0.05) is 78.5 Å². The molecule has 0 radical (unpaired) electrons. The Balaban J connectivity index is 1.47. The van der Waals surface area contributed by atoms with E-state index in [1.807, 2.05) is 17.8 Å². The lowest BCUT2D eigenvalue weighted by Crippen LogP contribution is -2.23. The number of para-hydroxylation sites is 1. The van der Waals surface area contributed by atoms with E-state index in [0.29, 0.717) is 19.0 Å². The first-order chi connectivity index (χ1) is 17.3. The number of nitrogens with zero attached hydrogens (tertiary/aromatic N) is 1. The van der Waals surface area contributed by atoms with Crippen LogP contribution >= 0.6 is 11.8 Å². The summed E-state index contributed by atoms with van der Waals surface area (Å²) in [5.41, 5.74) is 10.5. The van der Waals surface area contributed by atoms with Gasteiger partial charge in [0.05, 0.1) is 6.61 Å². The van der Waals surface area contributed by atoms with Gasteiger partial charge >= 0.3 is 0 Å². The molecule has 5 heteroatoms. The third kappa shape index (κ3) is 6.86. The minimum absolute atomic E-state index is 0.131. The Bertz CT molecular complexity index is 1130. The van der Waals surface area contributed by atoms with Gasteiger partial charge in [0.2, 0.25) is 0 Å². The molecule has 0 fully saturated rings. The highest BCUT2D eigenvalue weighted by Crippen LogP contribution is 2.41. The number of nitrogens with one attached hydrogen (secondary N) is 1. The van der Waals surface area contributed by atoms with Crippen molar-refractivity contribution in [2.45, 2.75) is 23.7 Å². The van der Waals surface area contributed by atoms with E-state index in [0.717, 1.165) is 31.6 Å². The van der Waals surface area contributed by atoms with Crippen molar-refractivity contribution in [3.63, 3.8) is 0 Å². The number of thioether (sulfide) groups is 1. The minimum Gasteiger partial charge on any atom is -0.395 e. The summed E-state index contributed by atoms with van der Waals surface area (Å²) >= 11 is 1.85. The van der Waals surface area contributed by atoms with Gasteiger partial charge in [0.25, 0.3) is 0 Å². The van der Waals surface area contributed by atoms with E-state index in [-0.39, 0.29) is 6.61 Å². The number of anilines is 1. The highest BCUT2D eigenvalue weighted by atomic mass is 32.2. The predicted octanol–water partition coefficient (Wildman–Crippen LogP) is 5.61.